The molecule has 3 aromatic rings. The van der Waals surface area contributed by atoms with E-state index in [2.05, 4.69) is 46.5 Å². The van der Waals surface area contributed by atoms with Gasteiger partial charge in [-0.3, -0.25) is 0 Å². The number of aromatic nitrogens is 3. The molecule has 0 fully saturated rings. The van der Waals surface area contributed by atoms with Crippen molar-refractivity contribution in [3.05, 3.63) is 48.4 Å². The van der Waals surface area contributed by atoms with E-state index in [9.17, 15) is 0 Å². The minimum Gasteiger partial charge on any atom is -0.372 e. The summed E-state index contributed by atoms with van der Waals surface area (Å²) in [7, 11) is 1.87. The molecule has 0 aliphatic carbocycles. The Morgan fingerprint density at radius 3 is 2.74 bits per heavy atom. The summed E-state index contributed by atoms with van der Waals surface area (Å²) in [4.78, 5) is 10.1. The highest BCUT2D eigenvalue weighted by atomic mass is 32.2. The van der Waals surface area contributed by atoms with Crippen LogP contribution in [-0.2, 0) is 0 Å². The molecule has 0 radical (unpaired) electrons. The molecular formula is C14H14N4S. The van der Waals surface area contributed by atoms with E-state index >= 15 is 0 Å². The molecular weight excluding hydrogens is 256 g/mol. The molecule has 2 aromatic heterocycles. The molecule has 3 rings (SSSR count). The molecule has 0 bridgehead atoms. The van der Waals surface area contributed by atoms with Gasteiger partial charge in [-0.25, -0.2) is 9.97 Å². The molecule has 0 aliphatic heterocycles. The highest BCUT2D eigenvalue weighted by Crippen LogP contribution is 2.29. The third kappa shape index (κ3) is 2.42. The molecule has 0 saturated heterocycles. The second-order valence-corrected chi connectivity index (χ2v) is 5.32. The molecule has 0 spiro atoms. The number of nitrogens with zero attached hydrogens (tertiary/aromatic N) is 3. The maximum atomic E-state index is 4.58. The van der Waals surface area contributed by atoms with Crippen LogP contribution in [0.15, 0.2) is 52.8 Å². The van der Waals surface area contributed by atoms with Gasteiger partial charge < -0.3 is 9.72 Å². The molecule has 2 heterocycles. The lowest BCUT2D eigenvalue weighted by Gasteiger charge is -2.06. The second kappa shape index (κ2) is 4.93. The summed E-state index contributed by atoms with van der Waals surface area (Å²) in [5.41, 5.74) is 2.14. The van der Waals surface area contributed by atoms with Crippen molar-refractivity contribution in [2.75, 3.05) is 12.4 Å². The Bertz CT molecular complexity index is 703. The van der Waals surface area contributed by atoms with Gasteiger partial charge >= 0.3 is 0 Å². The van der Waals surface area contributed by atoms with E-state index in [-0.39, 0.29) is 0 Å². The minimum atomic E-state index is 0.833. The average molecular weight is 270 g/mol. The van der Waals surface area contributed by atoms with Gasteiger partial charge in [-0.2, -0.15) is 0 Å². The topological polar surface area (TPSA) is 42.2 Å². The Hall–Kier alpha value is -2.01. The van der Waals surface area contributed by atoms with Crippen molar-refractivity contribution in [1.82, 2.24) is 14.4 Å². The Labute approximate surface area is 115 Å². The van der Waals surface area contributed by atoms with Crippen molar-refractivity contribution in [3.63, 3.8) is 0 Å². The van der Waals surface area contributed by atoms with E-state index < -0.39 is 0 Å². The summed E-state index contributed by atoms with van der Waals surface area (Å²) in [6, 6.07) is 8.42. The third-order valence-corrected chi connectivity index (χ3v) is 3.81. The fraction of sp³-hybridized carbons (Fsp3) is 0.143. The maximum absolute atomic E-state index is 4.58. The first kappa shape index (κ1) is 12.0. The normalized spacial score (nSPS) is 10.8. The highest BCUT2D eigenvalue weighted by molar-refractivity contribution is 7.99. The summed E-state index contributed by atoms with van der Waals surface area (Å²) in [5.74, 6) is 0.833. The molecule has 0 amide bonds. The number of nitrogens with one attached hydrogen (secondary N) is 1. The average Bonchev–Trinajstić information content (AvgIpc) is 2.89. The Balaban J connectivity index is 2.03. The summed E-state index contributed by atoms with van der Waals surface area (Å²) < 4.78 is 1.98. The number of hydrogen-bond acceptors (Lipinski definition) is 4. The largest absolute Gasteiger partial charge is 0.372 e. The van der Waals surface area contributed by atoms with Gasteiger partial charge in [0.05, 0.1) is 6.20 Å². The van der Waals surface area contributed by atoms with Crippen LogP contribution in [0.3, 0.4) is 0 Å². The highest BCUT2D eigenvalue weighted by Gasteiger charge is 2.08. The van der Waals surface area contributed by atoms with Crippen LogP contribution in [-0.4, -0.2) is 21.4 Å². The standard InChI is InChI=1S/C14H14N4S/c1-10-3-5-11(6-4-10)19-14-13-16-7-8-18(13)9-12(15-2)17-14/h3-9,15H,1-2H3. The van der Waals surface area contributed by atoms with E-state index in [1.165, 1.54) is 5.56 Å². The van der Waals surface area contributed by atoms with Gasteiger partial charge in [-0.05, 0) is 19.1 Å². The zero-order valence-corrected chi connectivity index (χ0v) is 11.6. The quantitative estimate of drug-likeness (QED) is 0.793. The number of rotatable bonds is 3. The van der Waals surface area contributed by atoms with Crippen molar-refractivity contribution >= 4 is 23.2 Å². The fourth-order valence-corrected chi connectivity index (χ4v) is 2.70. The van der Waals surface area contributed by atoms with Crippen molar-refractivity contribution < 1.29 is 0 Å². The Morgan fingerprint density at radius 1 is 1.21 bits per heavy atom. The molecule has 0 saturated carbocycles. The molecule has 5 heteroatoms. The molecule has 0 aliphatic rings. The first-order valence-corrected chi connectivity index (χ1v) is 6.84. The van der Waals surface area contributed by atoms with Gasteiger partial charge in [0.25, 0.3) is 0 Å². The van der Waals surface area contributed by atoms with E-state index in [0.29, 0.717) is 0 Å². The van der Waals surface area contributed by atoms with Crippen LogP contribution < -0.4 is 5.32 Å². The lowest BCUT2D eigenvalue weighted by Crippen LogP contribution is -1.98. The number of imidazole rings is 1. The second-order valence-electron chi connectivity index (χ2n) is 4.25. The predicted molar refractivity (Wildman–Crippen MR) is 77.8 cm³/mol. The van der Waals surface area contributed by atoms with Crippen LogP contribution in [0.4, 0.5) is 5.82 Å². The van der Waals surface area contributed by atoms with Crippen molar-refractivity contribution in [2.24, 2.45) is 0 Å². The van der Waals surface area contributed by atoms with Gasteiger partial charge in [-0.15, -0.1) is 0 Å². The monoisotopic (exact) mass is 270 g/mol. The number of fused-ring (bicyclic) bond motifs is 1. The lowest BCUT2D eigenvalue weighted by atomic mass is 10.2. The molecule has 1 N–H and O–H groups in total. The van der Waals surface area contributed by atoms with Crippen LogP contribution >= 0.6 is 11.8 Å². The summed E-state index contributed by atoms with van der Waals surface area (Å²) >= 11 is 1.63. The zero-order chi connectivity index (χ0) is 13.2. The number of benzene rings is 1. The van der Waals surface area contributed by atoms with Crippen LogP contribution in [0.1, 0.15) is 5.56 Å². The predicted octanol–water partition coefficient (Wildman–Crippen LogP) is 3.23. The minimum absolute atomic E-state index is 0.833. The first-order valence-electron chi connectivity index (χ1n) is 6.02. The van der Waals surface area contributed by atoms with E-state index in [1.807, 2.05) is 23.8 Å². The third-order valence-electron chi connectivity index (χ3n) is 2.83. The van der Waals surface area contributed by atoms with Gasteiger partial charge in [-0.1, -0.05) is 29.5 Å². The summed E-state index contributed by atoms with van der Waals surface area (Å²) in [5, 5.41) is 3.97. The summed E-state index contributed by atoms with van der Waals surface area (Å²) in [6.45, 7) is 2.08. The molecule has 1 aromatic carbocycles. The maximum Gasteiger partial charge on any atom is 0.170 e. The molecule has 96 valence electrons. The molecule has 19 heavy (non-hydrogen) atoms. The van der Waals surface area contributed by atoms with E-state index in [4.69, 9.17) is 0 Å². The van der Waals surface area contributed by atoms with Crippen LogP contribution in [0.25, 0.3) is 5.65 Å². The Kier molecular flexibility index (Phi) is 3.13. The summed E-state index contributed by atoms with van der Waals surface area (Å²) in [6.07, 6.45) is 5.65. The Morgan fingerprint density at radius 2 is 2.00 bits per heavy atom. The molecule has 4 nitrogen and oxygen atoms in total. The van der Waals surface area contributed by atoms with Gasteiger partial charge in [0.15, 0.2) is 5.65 Å². The van der Waals surface area contributed by atoms with Gasteiger partial charge in [0.1, 0.15) is 10.8 Å². The van der Waals surface area contributed by atoms with E-state index in [1.54, 1.807) is 18.0 Å². The van der Waals surface area contributed by atoms with Crippen molar-refractivity contribution in [1.29, 1.82) is 0 Å². The lowest BCUT2D eigenvalue weighted by molar-refractivity contribution is 1.03. The first-order chi connectivity index (χ1) is 9.26. The number of aryl methyl sites for hydroxylation is 1. The molecule has 0 atom stereocenters. The zero-order valence-electron chi connectivity index (χ0n) is 10.8. The smallest absolute Gasteiger partial charge is 0.170 e. The van der Waals surface area contributed by atoms with Gasteiger partial charge in [0, 0.05) is 24.3 Å². The van der Waals surface area contributed by atoms with Gasteiger partial charge in [0.2, 0.25) is 0 Å². The van der Waals surface area contributed by atoms with Crippen molar-refractivity contribution in [2.45, 2.75) is 16.8 Å². The van der Waals surface area contributed by atoms with Crippen LogP contribution in [0.5, 0.6) is 0 Å². The number of anilines is 1. The van der Waals surface area contributed by atoms with Crippen molar-refractivity contribution in [3.8, 4) is 0 Å². The number of hydrogen-bond donors (Lipinski definition) is 1. The van der Waals surface area contributed by atoms with E-state index in [0.717, 1.165) is 21.4 Å². The molecule has 0 unspecified atom stereocenters. The SMILES string of the molecule is CNc1cn2ccnc2c(Sc2ccc(C)cc2)n1. The fourth-order valence-electron chi connectivity index (χ4n) is 1.81. The van der Waals surface area contributed by atoms with Crippen LogP contribution in [0.2, 0.25) is 0 Å². The van der Waals surface area contributed by atoms with Crippen LogP contribution in [0, 0.1) is 6.92 Å².